The molecule has 1 heterocycles. The van der Waals surface area contributed by atoms with Gasteiger partial charge in [0.15, 0.2) is 0 Å². The number of carbonyl (C=O) groups excluding carboxylic acids is 1. The number of benzene rings is 1. The van der Waals surface area contributed by atoms with Gasteiger partial charge in [-0.2, -0.15) is 0 Å². The number of hydrogen-bond acceptors (Lipinski definition) is 2. The van der Waals surface area contributed by atoms with Crippen molar-refractivity contribution in [3.63, 3.8) is 0 Å². The highest BCUT2D eigenvalue weighted by Crippen LogP contribution is 2.30. The van der Waals surface area contributed by atoms with Crippen LogP contribution in [0.5, 0.6) is 0 Å². The smallest absolute Gasteiger partial charge is 0.259 e. The minimum absolute atomic E-state index is 0.00520. The molecule has 108 valence electrons. The number of likely N-dealkylation sites (tertiary alicyclic amines) is 1. The van der Waals surface area contributed by atoms with Crippen molar-refractivity contribution >= 4 is 5.91 Å². The Kier molecular flexibility index (Phi) is 3.70. The van der Waals surface area contributed by atoms with E-state index >= 15 is 0 Å². The Bertz CT molecular complexity index is 496. The van der Waals surface area contributed by atoms with Crippen molar-refractivity contribution in [1.29, 1.82) is 0 Å². The molecule has 1 aliphatic carbocycles. The Balaban J connectivity index is 1.63. The first-order chi connectivity index (χ1) is 9.65. The Morgan fingerprint density at radius 1 is 1.25 bits per heavy atom. The molecule has 1 saturated carbocycles. The van der Waals surface area contributed by atoms with Gasteiger partial charge in [0.2, 0.25) is 0 Å². The summed E-state index contributed by atoms with van der Waals surface area (Å²) < 4.78 is 32.9. The normalized spacial score (nSPS) is 22.3. The number of rotatable bonds is 4. The first kappa shape index (κ1) is 13.5. The number of nitrogens with zero attached hydrogens (tertiary/aromatic N) is 1. The van der Waals surface area contributed by atoms with Gasteiger partial charge >= 0.3 is 0 Å². The molecule has 3 rings (SSSR count). The van der Waals surface area contributed by atoms with Gasteiger partial charge in [0.25, 0.3) is 5.91 Å². The van der Waals surface area contributed by atoms with E-state index in [0.717, 1.165) is 25.2 Å². The summed E-state index contributed by atoms with van der Waals surface area (Å²) in [5, 5.41) is 0. The van der Waals surface area contributed by atoms with Gasteiger partial charge in [-0.1, -0.05) is 6.07 Å². The molecule has 2 fully saturated rings. The number of amides is 1. The Morgan fingerprint density at radius 2 is 1.95 bits per heavy atom. The summed E-state index contributed by atoms with van der Waals surface area (Å²) in [6, 6.07) is 3.47. The third kappa shape index (κ3) is 2.82. The average Bonchev–Trinajstić information content (AvgIpc) is 3.13. The van der Waals surface area contributed by atoms with Gasteiger partial charge in [-0.3, -0.25) is 4.79 Å². The van der Waals surface area contributed by atoms with Crippen LogP contribution in [0.1, 0.15) is 29.6 Å². The van der Waals surface area contributed by atoms with E-state index in [1.54, 1.807) is 0 Å². The highest BCUT2D eigenvalue weighted by atomic mass is 19.1. The van der Waals surface area contributed by atoms with Gasteiger partial charge in [-0.25, -0.2) is 8.78 Å². The maximum atomic E-state index is 13.6. The van der Waals surface area contributed by atoms with Crippen molar-refractivity contribution in [3.05, 3.63) is 35.4 Å². The lowest BCUT2D eigenvalue weighted by molar-refractivity contribution is 0.0478. The van der Waals surface area contributed by atoms with E-state index in [9.17, 15) is 13.6 Å². The highest BCUT2D eigenvalue weighted by molar-refractivity contribution is 5.95. The van der Waals surface area contributed by atoms with Gasteiger partial charge in [-0.15, -0.1) is 0 Å². The SMILES string of the molecule is O=C(c1c(F)cccc1F)N1CCC(OCC2CC2)C1. The van der Waals surface area contributed by atoms with Crippen LogP contribution in [0, 0.1) is 17.6 Å². The lowest BCUT2D eigenvalue weighted by Crippen LogP contribution is -2.31. The summed E-state index contributed by atoms with van der Waals surface area (Å²) in [7, 11) is 0. The van der Waals surface area contributed by atoms with Crippen molar-refractivity contribution < 1.29 is 18.3 Å². The summed E-state index contributed by atoms with van der Waals surface area (Å²) >= 11 is 0. The summed E-state index contributed by atoms with van der Waals surface area (Å²) in [6.07, 6.45) is 3.16. The predicted molar refractivity (Wildman–Crippen MR) is 69.3 cm³/mol. The van der Waals surface area contributed by atoms with Crippen LogP contribution < -0.4 is 0 Å². The maximum absolute atomic E-state index is 13.6. The third-order valence-corrected chi connectivity index (χ3v) is 3.87. The second-order valence-electron chi connectivity index (χ2n) is 5.54. The number of ether oxygens (including phenoxy) is 1. The van der Waals surface area contributed by atoms with E-state index in [1.807, 2.05) is 0 Å². The molecule has 0 bridgehead atoms. The fraction of sp³-hybridized carbons (Fsp3) is 0.533. The minimum Gasteiger partial charge on any atom is -0.376 e. The standard InChI is InChI=1S/C15H17F2NO2/c16-12-2-1-3-13(17)14(12)15(19)18-7-6-11(8-18)20-9-10-4-5-10/h1-3,10-11H,4-9H2. The van der Waals surface area contributed by atoms with Crippen LogP contribution in [-0.2, 0) is 4.74 Å². The van der Waals surface area contributed by atoms with Crippen molar-refractivity contribution in [3.8, 4) is 0 Å². The van der Waals surface area contributed by atoms with Crippen LogP contribution in [0.4, 0.5) is 8.78 Å². The monoisotopic (exact) mass is 281 g/mol. The topological polar surface area (TPSA) is 29.5 Å². The molecule has 0 aromatic heterocycles. The molecule has 0 N–H and O–H groups in total. The van der Waals surface area contributed by atoms with Crippen LogP contribution in [-0.4, -0.2) is 36.6 Å². The van der Waals surface area contributed by atoms with E-state index in [4.69, 9.17) is 4.74 Å². The van der Waals surface area contributed by atoms with Crippen LogP contribution >= 0.6 is 0 Å². The van der Waals surface area contributed by atoms with E-state index in [2.05, 4.69) is 0 Å². The van der Waals surface area contributed by atoms with Crippen LogP contribution in [0.3, 0.4) is 0 Å². The van der Waals surface area contributed by atoms with E-state index in [1.165, 1.54) is 23.8 Å². The predicted octanol–water partition coefficient (Wildman–Crippen LogP) is 2.61. The van der Waals surface area contributed by atoms with Gasteiger partial charge in [0.1, 0.15) is 17.2 Å². The zero-order valence-electron chi connectivity index (χ0n) is 11.1. The molecule has 1 aromatic rings. The molecule has 3 nitrogen and oxygen atoms in total. The van der Waals surface area contributed by atoms with E-state index in [-0.39, 0.29) is 6.10 Å². The lowest BCUT2D eigenvalue weighted by atomic mass is 10.1. The van der Waals surface area contributed by atoms with Gasteiger partial charge < -0.3 is 9.64 Å². The van der Waals surface area contributed by atoms with Crippen LogP contribution in [0.15, 0.2) is 18.2 Å². The van der Waals surface area contributed by atoms with E-state index < -0.39 is 23.1 Å². The van der Waals surface area contributed by atoms with E-state index in [0.29, 0.717) is 19.0 Å². The summed E-state index contributed by atoms with van der Waals surface area (Å²) in [4.78, 5) is 13.6. The zero-order chi connectivity index (χ0) is 14.1. The molecule has 0 spiro atoms. The first-order valence-corrected chi connectivity index (χ1v) is 7.00. The van der Waals surface area contributed by atoms with Crippen molar-refractivity contribution in [2.24, 2.45) is 5.92 Å². The summed E-state index contributed by atoms with van der Waals surface area (Å²) in [5.74, 6) is -1.53. The third-order valence-electron chi connectivity index (χ3n) is 3.87. The number of carbonyl (C=O) groups is 1. The van der Waals surface area contributed by atoms with Gasteiger partial charge in [0, 0.05) is 19.7 Å². The molecule has 1 aliphatic heterocycles. The molecule has 0 radical (unpaired) electrons. The largest absolute Gasteiger partial charge is 0.376 e. The Morgan fingerprint density at radius 3 is 2.60 bits per heavy atom. The first-order valence-electron chi connectivity index (χ1n) is 7.00. The molecule has 1 aromatic carbocycles. The average molecular weight is 281 g/mol. The number of hydrogen-bond donors (Lipinski definition) is 0. The molecular weight excluding hydrogens is 264 g/mol. The molecule has 1 saturated heterocycles. The quantitative estimate of drug-likeness (QED) is 0.849. The molecule has 20 heavy (non-hydrogen) atoms. The van der Waals surface area contributed by atoms with Gasteiger partial charge in [0.05, 0.1) is 6.10 Å². The van der Waals surface area contributed by atoms with Crippen molar-refractivity contribution in [1.82, 2.24) is 4.90 Å². The highest BCUT2D eigenvalue weighted by Gasteiger charge is 2.31. The Hall–Kier alpha value is -1.49. The second kappa shape index (κ2) is 5.48. The molecule has 1 unspecified atom stereocenters. The molecule has 1 atom stereocenters. The fourth-order valence-electron chi connectivity index (χ4n) is 2.47. The maximum Gasteiger partial charge on any atom is 0.259 e. The lowest BCUT2D eigenvalue weighted by Gasteiger charge is -2.17. The fourth-order valence-corrected chi connectivity index (χ4v) is 2.47. The van der Waals surface area contributed by atoms with Crippen molar-refractivity contribution in [2.75, 3.05) is 19.7 Å². The molecule has 2 aliphatic rings. The van der Waals surface area contributed by atoms with Crippen LogP contribution in [0.2, 0.25) is 0 Å². The zero-order valence-corrected chi connectivity index (χ0v) is 11.1. The van der Waals surface area contributed by atoms with Gasteiger partial charge in [-0.05, 0) is 37.3 Å². The molecule has 1 amide bonds. The van der Waals surface area contributed by atoms with Crippen molar-refractivity contribution in [2.45, 2.75) is 25.4 Å². The Labute approximate surface area is 116 Å². The molecular formula is C15H17F2NO2. The summed E-state index contributed by atoms with van der Waals surface area (Å²) in [5.41, 5.74) is -0.463. The molecule has 5 heteroatoms. The summed E-state index contributed by atoms with van der Waals surface area (Å²) in [6.45, 7) is 1.64. The second-order valence-corrected chi connectivity index (χ2v) is 5.54. The number of halogens is 2. The van der Waals surface area contributed by atoms with Crippen LogP contribution in [0.25, 0.3) is 0 Å². The minimum atomic E-state index is -0.808.